The SMILES string of the molecule is COc1ccc2c(c1)C(C)(C)[C@H]1CCC3(C)Oc4ccccc4C=C3[C@@H]1N2. The van der Waals surface area contributed by atoms with Crippen LogP contribution in [-0.4, -0.2) is 18.8 Å². The summed E-state index contributed by atoms with van der Waals surface area (Å²) in [6.45, 7) is 7.01. The first kappa shape index (κ1) is 16.7. The van der Waals surface area contributed by atoms with Gasteiger partial charge in [0.2, 0.25) is 0 Å². The summed E-state index contributed by atoms with van der Waals surface area (Å²) in [5, 5.41) is 3.86. The molecule has 0 bridgehead atoms. The molecule has 3 aliphatic rings. The molecule has 0 spiro atoms. The predicted molar refractivity (Wildman–Crippen MR) is 110 cm³/mol. The maximum atomic E-state index is 6.54. The van der Waals surface area contributed by atoms with Gasteiger partial charge < -0.3 is 14.8 Å². The Hall–Kier alpha value is -2.42. The van der Waals surface area contributed by atoms with Gasteiger partial charge in [0.1, 0.15) is 17.1 Å². The molecule has 0 aromatic heterocycles. The van der Waals surface area contributed by atoms with Gasteiger partial charge in [-0.25, -0.2) is 0 Å². The summed E-state index contributed by atoms with van der Waals surface area (Å²) < 4.78 is 12.0. The van der Waals surface area contributed by atoms with Crippen LogP contribution in [-0.2, 0) is 5.41 Å². The van der Waals surface area contributed by atoms with Crippen molar-refractivity contribution < 1.29 is 9.47 Å². The zero-order valence-electron chi connectivity index (χ0n) is 16.5. The Morgan fingerprint density at radius 3 is 2.74 bits per heavy atom. The number of ether oxygens (including phenoxy) is 2. The number of methoxy groups -OCH3 is 1. The van der Waals surface area contributed by atoms with Crippen molar-refractivity contribution in [3.63, 3.8) is 0 Å². The maximum Gasteiger partial charge on any atom is 0.130 e. The molecule has 3 atom stereocenters. The smallest absolute Gasteiger partial charge is 0.130 e. The Bertz CT molecular complexity index is 945. The molecular weight excluding hydrogens is 334 g/mol. The van der Waals surface area contributed by atoms with E-state index in [9.17, 15) is 0 Å². The highest BCUT2D eigenvalue weighted by Crippen LogP contribution is 2.54. The monoisotopic (exact) mass is 361 g/mol. The number of hydrogen-bond donors (Lipinski definition) is 1. The predicted octanol–water partition coefficient (Wildman–Crippen LogP) is 5.41. The molecular formula is C24H27NO2. The third-order valence-electron chi connectivity index (χ3n) is 7.00. The number of fused-ring (bicyclic) bond motifs is 5. The van der Waals surface area contributed by atoms with Crippen molar-refractivity contribution >= 4 is 11.8 Å². The van der Waals surface area contributed by atoms with Crippen LogP contribution >= 0.6 is 0 Å². The molecule has 2 aromatic carbocycles. The molecule has 2 aromatic rings. The quantitative estimate of drug-likeness (QED) is 0.736. The first-order valence-electron chi connectivity index (χ1n) is 9.87. The minimum absolute atomic E-state index is 0.0684. The molecule has 2 aliphatic heterocycles. The Balaban J connectivity index is 1.64. The van der Waals surface area contributed by atoms with Crippen molar-refractivity contribution in [2.24, 2.45) is 5.92 Å². The van der Waals surface area contributed by atoms with Crippen LogP contribution in [0.1, 0.15) is 44.7 Å². The standard InChI is InChI=1S/C24H27NO2/c1-23(2)17-11-12-24(3)19(13-15-7-5-6-8-21(15)27-24)22(17)25-20-10-9-16(26-4)14-18(20)23/h5-10,13-14,17,22,25H,11-12H2,1-4H3/t17-,22+,24?/m0/s1. The summed E-state index contributed by atoms with van der Waals surface area (Å²) in [4.78, 5) is 0. The van der Waals surface area contributed by atoms with E-state index in [4.69, 9.17) is 9.47 Å². The van der Waals surface area contributed by atoms with Crippen LogP contribution in [0.15, 0.2) is 48.0 Å². The zero-order valence-corrected chi connectivity index (χ0v) is 16.5. The minimum atomic E-state index is -0.234. The molecule has 1 N–H and O–H groups in total. The third-order valence-corrected chi connectivity index (χ3v) is 7.00. The maximum absolute atomic E-state index is 6.54. The van der Waals surface area contributed by atoms with Crippen LogP contribution in [0.3, 0.4) is 0 Å². The third kappa shape index (κ3) is 2.33. The highest BCUT2D eigenvalue weighted by Gasteiger charge is 2.52. The van der Waals surface area contributed by atoms with Crippen LogP contribution in [0.2, 0.25) is 0 Å². The van der Waals surface area contributed by atoms with Gasteiger partial charge in [0.05, 0.1) is 13.2 Å². The Morgan fingerprint density at radius 1 is 1.11 bits per heavy atom. The lowest BCUT2D eigenvalue weighted by Crippen LogP contribution is -2.57. The molecule has 0 saturated heterocycles. The van der Waals surface area contributed by atoms with Crippen molar-refractivity contribution in [1.82, 2.24) is 0 Å². The Kier molecular flexibility index (Phi) is 3.43. The van der Waals surface area contributed by atoms with Gasteiger partial charge >= 0.3 is 0 Å². The van der Waals surface area contributed by atoms with Gasteiger partial charge in [-0.15, -0.1) is 0 Å². The fourth-order valence-corrected chi connectivity index (χ4v) is 5.38. The average molecular weight is 361 g/mol. The number of para-hydroxylation sites is 1. The van der Waals surface area contributed by atoms with Gasteiger partial charge in [0, 0.05) is 11.3 Å². The molecule has 2 heterocycles. The van der Waals surface area contributed by atoms with Crippen molar-refractivity contribution in [3.8, 4) is 11.5 Å². The fraction of sp³-hybridized carbons (Fsp3) is 0.417. The topological polar surface area (TPSA) is 30.5 Å². The van der Waals surface area contributed by atoms with Gasteiger partial charge in [-0.05, 0) is 72.6 Å². The Morgan fingerprint density at radius 2 is 1.93 bits per heavy atom. The molecule has 3 heteroatoms. The van der Waals surface area contributed by atoms with Crippen LogP contribution in [0, 0.1) is 5.92 Å². The molecule has 3 nitrogen and oxygen atoms in total. The van der Waals surface area contributed by atoms with Gasteiger partial charge in [-0.3, -0.25) is 0 Å². The van der Waals surface area contributed by atoms with Crippen LogP contribution in [0.5, 0.6) is 11.5 Å². The van der Waals surface area contributed by atoms with Crippen molar-refractivity contribution in [1.29, 1.82) is 0 Å². The number of nitrogens with one attached hydrogen (secondary N) is 1. The normalized spacial score (nSPS) is 29.7. The molecule has 0 radical (unpaired) electrons. The van der Waals surface area contributed by atoms with Crippen molar-refractivity contribution in [3.05, 3.63) is 59.2 Å². The van der Waals surface area contributed by atoms with Crippen molar-refractivity contribution in [2.45, 2.75) is 50.7 Å². The van der Waals surface area contributed by atoms with E-state index in [1.54, 1.807) is 7.11 Å². The van der Waals surface area contributed by atoms with Gasteiger partial charge in [0.15, 0.2) is 0 Å². The number of rotatable bonds is 1. The van der Waals surface area contributed by atoms with Crippen LogP contribution in [0.25, 0.3) is 6.08 Å². The molecule has 27 heavy (non-hydrogen) atoms. The highest BCUT2D eigenvalue weighted by molar-refractivity contribution is 5.70. The van der Waals surface area contributed by atoms with Crippen LogP contribution < -0.4 is 14.8 Å². The first-order chi connectivity index (χ1) is 12.9. The molecule has 1 unspecified atom stereocenters. The fourth-order valence-electron chi connectivity index (χ4n) is 5.38. The minimum Gasteiger partial charge on any atom is -0.497 e. The summed E-state index contributed by atoms with van der Waals surface area (Å²) in [7, 11) is 1.74. The van der Waals surface area contributed by atoms with E-state index in [1.165, 1.54) is 22.4 Å². The summed E-state index contributed by atoms with van der Waals surface area (Å²) in [5.41, 5.74) is 4.97. The molecule has 5 rings (SSSR count). The number of benzene rings is 2. The largest absolute Gasteiger partial charge is 0.497 e. The van der Waals surface area contributed by atoms with E-state index in [0.717, 1.165) is 24.3 Å². The second-order valence-electron chi connectivity index (χ2n) is 8.87. The Labute approximate surface area is 161 Å². The summed E-state index contributed by atoms with van der Waals surface area (Å²) in [6.07, 6.45) is 4.54. The molecule has 0 amide bonds. The average Bonchev–Trinajstić information content (AvgIpc) is 2.66. The zero-order chi connectivity index (χ0) is 18.8. The molecule has 1 fully saturated rings. The highest BCUT2D eigenvalue weighted by atomic mass is 16.5. The second-order valence-corrected chi connectivity index (χ2v) is 8.87. The van der Waals surface area contributed by atoms with Crippen molar-refractivity contribution in [2.75, 3.05) is 12.4 Å². The van der Waals surface area contributed by atoms with Gasteiger partial charge in [-0.2, -0.15) is 0 Å². The summed E-state index contributed by atoms with van der Waals surface area (Å²) in [5.74, 6) is 2.45. The van der Waals surface area contributed by atoms with E-state index in [1.807, 2.05) is 6.07 Å². The van der Waals surface area contributed by atoms with E-state index >= 15 is 0 Å². The lowest BCUT2D eigenvalue weighted by atomic mass is 9.58. The lowest BCUT2D eigenvalue weighted by Gasteiger charge is -2.54. The molecule has 1 aliphatic carbocycles. The molecule has 140 valence electrons. The first-order valence-corrected chi connectivity index (χ1v) is 9.87. The number of hydrogen-bond acceptors (Lipinski definition) is 3. The summed E-state index contributed by atoms with van der Waals surface area (Å²) >= 11 is 0. The second kappa shape index (κ2) is 5.54. The van der Waals surface area contributed by atoms with E-state index in [2.05, 4.69) is 68.6 Å². The van der Waals surface area contributed by atoms with E-state index in [-0.39, 0.29) is 17.1 Å². The lowest BCUT2D eigenvalue weighted by molar-refractivity contribution is 0.0603. The van der Waals surface area contributed by atoms with Crippen LogP contribution in [0.4, 0.5) is 5.69 Å². The molecule has 1 saturated carbocycles. The summed E-state index contributed by atoms with van der Waals surface area (Å²) in [6, 6.07) is 15.1. The van der Waals surface area contributed by atoms with E-state index in [0.29, 0.717) is 5.92 Å². The number of anilines is 1. The van der Waals surface area contributed by atoms with Gasteiger partial charge in [-0.1, -0.05) is 32.0 Å². The van der Waals surface area contributed by atoms with E-state index < -0.39 is 0 Å². The van der Waals surface area contributed by atoms with Gasteiger partial charge in [0.25, 0.3) is 0 Å².